The molecule has 0 amide bonds. The van der Waals surface area contributed by atoms with Crippen molar-refractivity contribution in [3.8, 4) is 11.8 Å². The fraction of sp³-hybridized carbons (Fsp3) is 0.182. The maximum atomic E-state index is 13.9. The molecule has 0 saturated carbocycles. The smallest absolute Gasteiger partial charge is 0.264 e. The Bertz CT molecular complexity index is 1480. The highest BCUT2D eigenvalue weighted by molar-refractivity contribution is 7.94. The van der Waals surface area contributed by atoms with Crippen LogP contribution in [0.2, 0.25) is 0 Å². The minimum Gasteiger partial charge on any atom is -0.506 e. The van der Waals surface area contributed by atoms with Crippen LogP contribution in [-0.2, 0) is 16.4 Å². The summed E-state index contributed by atoms with van der Waals surface area (Å²) in [7, 11) is -3.96. The number of fused-ring (bicyclic) bond motifs is 2. The lowest BCUT2D eigenvalue weighted by Gasteiger charge is -2.22. The molecular weight excluding hydrogens is 421 g/mol. The zero-order valence-corrected chi connectivity index (χ0v) is 17.5. The van der Waals surface area contributed by atoms with Gasteiger partial charge in [0.2, 0.25) is 9.84 Å². The number of pyridine rings is 1. The van der Waals surface area contributed by atoms with Crippen LogP contribution >= 0.6 is 0 Å². The standard InChI is InChI=1S/C22H18FN3O4S/c1-12(2)10-26-18-5-4-14(23)8-15(18)21(27)20(22(26)28)17-11-31(29,30)19-6-3-13(9-24)7-16(19)25-17/h3-8,11-12,25,27H,10H2,1-2H3. The number of sulfone groups is 1. The highest BCUT2D eigenvalue weighted by Crippen LogP contribution is 2.37. The number of aromatic hydroxyl groups is 1. The van der Waals surface area contributed by atoms with Crippen LogP contribution in [0.25, 0.3) is 16.6 Å². The van der Waals surface area contributed by atoms with E-state index >= 15 is 0 Å². The fourth-order valence-corrected chi connectivity index (χ4v) is 4.95. The van der Waals surface area contributed by atoms with Crippen LogP contribution in [0.15, 0.2) is 51.5 Å². The maximum absolute atomic E-state index is 13.9. The first-order valence-electron chi connectivity index (χ1n) is 9.45. The van der Waals surface area contributed by atoms with Crippen molar-refractivity contribution in [1.82, 2.24) is 4.57 Å². The molecule has 1 aliphatic rings. The van der Waals surface area contributed by atoms with Gasteiger partial charge < -0.3 is 15.0 Å². The lowest BCUT2D eigenvalue weighted by Crippen LogP contribution is -2.28. The van der Waals surface area contributed by atoms with Crippen LogP contribution in [0, 0.1) is 23.1 Å². The van der Waals surface area contributed by atoms with Gasteiger partial charge in [0.05, 0.1) is 38.8 Å². The minimum atomic E-state index is -3.96. The monoisotopic (exact) mass is 439 g/mol. The van der Waals surface area contributed by atoms with E-state index in [-0.39, 0.29) is 45.3 Å². The van der Waals surface area contributed by atoms with E-state index in [4.69, 9.17) is 5.26 Å². The molecule has 0 atom stereocenters. The first-order chi connectivity index (χ1) is 14.6. The number of anilines is 1. The van der Waals surface area contributed by atoms with E-state index in [1.807, 2.05) is 19.9 Å². The van der Waals surface area contributed by atoms with Gasteiger partial charge in [0.1, 0.15) is 17.1 Å². The number of benzene rings is 2. The highest BCUT2D eigenvalue weighted by atomic mass is 32.2. The summed E-state index contributed by atoms with van der Waals surface area (Å²) in [5, 5.41) is 23.8. The van der Waals surface area contributed by atoms with E-state index in [9.17, 15) is 22.7 Å². The van der Waals surface area contributed by atoms with Gasteiger partial charge >= 0.3 is 0 Å². The summed E-state index contributed by atoms with van der Waals surface area (Å²) in [6, 6.07) is 9.67. The number of halogens is 1. The number of hydrogen-bond donors (Lipinski definition) is 2. The van der Waals surface area contributed by atoms with Gasteiger partial charge in [-0.2, -0.15) is 5.26 Å². The van der Waals surface area contributed by atoms with Gasteiger partial charge in [-0.05, 0) is 42.3 Å². The van der Waals surface area contributed by atoms with Gasteiger partial charge in [0.25, 0.3) is 5.56 Å². The molecule has 9 heteroatoms. The van der Waals surface area contributed by atoms with Crippen LogP contribution in [0.5, 0.6) is 5.75 Å². The summed E-state index contributed by atoms with van der Waals surface area (Å²) in [5.74, 6) is -1.07. The third-order valence-corrected chi connectivity index (χ3v) is 6.49. The Morgan fingerprint density at radius 3 is 2.65 bits per heavy atom. The lowest BCUT2D eigenvalue weighted by atomic mass is 10.1. The molecule has 1 aliphatic heterocycles. The van der Waals surface area contributed by atoms with Crippen molar-refractivity contribution in [2.45, 2.75) is 25.3 Å². The van der Waals surface area contributed by atoms with E-state index in [0.717, 1.165) is 11.5 Å². The van der Waals surface area contributed by atoms with E-state index in [1.54, 1.807) is 0 Å². The number of nitriles is 1. The Morgan fingerprint density at radius 2 is 1.97 bits per heavy atom. The average Bonchev–Trinajstić information content (AvgIpc) is 2.70. The number of nitrogens with zero attached hydrogens (tertiary/aromatic N) is 2. The molecule has 2 N–H and O–H groups in total. The molecule has 7 nitrogen and oxygen atoms in total. The van der Waals surface area contributed by atoms with Gasteiger partial charge in [0, 0.05) is 11.9 Å². The Morgan fingerprint density at radius 1 is 1.23 bits per heavy atom. The molecule has 0 bridgehead atoms. The minimum absolute atomic E-state index is 0.0518. The zero-order valence-electron chi connectivity index (χ0n) is 16.7. The molecule has 0 radical (unpaired) electrons. The Labute approximate surface area is 177 Å². The first kappa shape index (κ1) is 20.6. The summed E-state index contributed by atoms with van der Waals surface area (Å²) in [6.45, 7) is 4.08. The molecule has 0 spiro atoms. The topological polar surface area (TPSA) is 112 Å². The van der Waals surface area contributed by atoms with Crippen molar-refractivity contribution in [2.24, 2.45) is 5.92 Å². The second kappa shape index (κ2) is 7.25. The SMILES string of the molecule is CC(C)Cn1c(=O)c(C2=CS(=O)(=O)c3ccc(C#N)cc3N2)c(O)c2cc(F)ccc21. The van der Waals surface area contributed by atoms with Crippen LogP contribution < -0.4 is 10.9 Å². The van der Waals surface area contributed by atoms with Crippen molar-refractivity contribution >= 4 is 32.1 Å². The number of nitrogens with one attached hydrogen (secondary N) is 1. The van der Waals surface area contributed by atoms with Crippen LogP contribution in [0.1, 0.15) is 25.0 Å². The predicted octanol–water partition coefficient (Wildman–Crippen LogP) is 3.57. The summed E-state index contributed by atoms with van der Waals surface area (Å²) in [6.07, 6.45) is 0. The van der Waals surface area contributed by atoms with E-state index in [2.05, 4.69) is 5.32 Å². The van der Waals surface area contributed by atoms with Crippen LogP contribution in [-0.4, -0.2) is 18.1 Å². The summed E-state index contributed by atoms with van der Waals surface area (Å²) in [5.41, 5.74) is -0.356. The number of rotatable bonds is 3. The number of hydrogen-bond acceptors (Lipinski definition) is 6. The number of aromatic nitrogens is 1. The second-order valence-corrected chi connectivity index (χ2v) is 9.48. The normalized spacial score (nSPS) is 14.6. The molecule has 2 aromatic carbocycles. The molecule has 0 aliphatic carbocycles. The molecule has 4 rings (SSSR count). The van der Waals surface area contributed by atoms with E-state index < -0.39 is 27.0 Å². The van der Waals surface area contributed by atoms with Crippen molar-refractivity contribution < 1.29 is 17.9 Å². The van der Waals surface area contributed by atoms with Crippen LogP contribution in [0.4, 0.5) is 10.1 Å². The van der Waals surface area contributed by atoms with Crippen molar-refractivity contribution in [2.75, 3.05) is 5.32 Å². The van der Waals surface area contributed by atoms with Gasteiger partial charge in [-0.1, -0.05) is 13.8 Å². The first-order valence-corrected chi connectivity index (χ1v) is 11.0. The lowest BCUT2D eigenvalue weighted by molar-refractivity contribution is 0.471. The predicted molar refractivity (Wildman–Crippen MR) is 115 cm³/mol. The molecule has 31 heavy (non-hydrogen) atoms. The molecule has 3 aromatic rings. The van der Waals surface area contributed by atoms with Gasteiger partial charge in [-0.25, -0.2) is 12.8 Å². The summed E-state index contributed by atoms with van der Waals surface area (Å²) in [4.78, 5) is 13.3. The molecule has 0 saturated heterocycles. The van der Waals surface area contributed by atoms with Gasteiger partial charge in [0.15, 0.2) is 0 Å². The third kappa shape index (κ3) is 3.45. The molecule has 0 fully saturated rings. The van der Waals surface area contributed by atoms with E-state index in [0.29, 0.717) is 5.52 Å². The fourth-order valence-electron chi connectivity index (χ4n) is 3.66. The average molecular weight is 439 g/mol. The van der Waals surface area contributed by atoms with Gasteiger partial charge in [-0.3, -0.25) is 4.79 Å². The highest BCUT2D eigenvalue weighted by Gasteiger charge is 2.29. The summed E-state index contributed by atoms with van der Waals surface area (Å²) < 4.78 is 40.9. The molecule has 158 valence electrons. The molecular formula is C22H18FN3O4S. The van der Waals surface area contributed by atoms with Crippen molar-refractivity contribution in [1.29, 1.82) is 5.26 Å². The molecule has 0 unspecified atom stereocenters. The largest absolute Gasteiger partial charge is 0.506 e. The molecule has 1 aromatic heterocycles. The van der Waals surface area contributed by atoms with Crippen molar-refractivity contribution in [3.63, 3.8) is 0 Å². The van der Waals surface area contributed by atoms with Gasteiger partial charge in [-0.15, -0.1) is 0 Å². The Hall–Kier alpha value is -3.64. The van der Waals surface area contributed by atoms with Crippen LogP contribution in [0.3, 0.4) is 0 Å². The Balaban J connectivity index is 2.03. The summed E-state index contributed by atoms with van der Waals surface area (Å²) >= 11 is 0. The Kier molecular flexibility index (Phi) is 4.82. The quantitative estimate of drug-likeness (QED) is 0.645. The third-order valence-electron chi connectivity index (χ3n) is 4.97. The van der Waals surface area contributed by atoms with E-state index in [1.165, 1.54) is 34.9 Å². The second-order valence-electron chi connectivity index (χ2n) is 7.72. The van der Waals surface area contributed by atoms with Crippen molar-refractivity contribution in [3.05, 3.63) is 69.1 Å². The molecule has 2 heterocycles. The maximum Gasteiger partial charge on any atom is 0.264 e. The zero-order chi connectivity index (χ0) is 22.5.